The van der Waals surface area contributed by atoms with Gasteiger partial charge in [-0.05, 0) is 18.2 Å². The van der Waals surface area contributed by atoms with E-state index in [0.29, 0.717) is 30.2 Å². The summed E-state index contributed by atoms with van der Waals surface area (Å²) in [6.07, 6.45) is 1.79. The average Bonchev–Trinajstić information content (AvgIpc) is 2.84. The Kier molecular flexibility index (Phi) is 3.42. The second kappa shape index (κ2) is 5.17. The average molecular weight is 248 g/mol. The lowest BCUT2D eigenvalue weighted by atomic mass is 10.1. The van der Waals surface area contributed by atoms with Gasteiger partial charge in [-0.15, -0.1) is 0 Å². The topological polar surface area (TPSA) is 114 Å². The SMILES string of the molecule is Nc1ccc(NCCc2ncon2)c(C(=O)O)c1. The molecule has 94 valence electrons. The Morgan fingerprint density at radius 1 is 1.50 bits per heavy atom. The van der Waals surface area contributed by atoms with E-state index >= 15 is 0 Å². The van der Waals surface area contributed by atoms with Crippen LogP contribution >= 0.6 is 0 Å². The van der Waals surface area contributed by atoms with E-state index in [9.17, 15) is 4.79 Å². The molecule has 0 saturated carbocycles. The highest BCUT2D eigenvalue weighted by Crippen LogP contribution is 2.18. The van der Waals surface area contributed by atoms with Crippen LogP contribution in [0.5, 0.6) is 0 Å². The van der Waals surface area contributed by atoms with Gasteiger partial charge in [0, 0.05) is 24.3 Å². The molecular formula is C11H12N4O3. The van der Waals surface area contributed by atoms with E-state index in [1.54, 1.807) is 12.1 Å². The fourth-order valence-electron chi connectivity index (χ4n) is 1.50. The first kappa shape index (κ1) is 11.9. The maximum Gasteiger partial charge on any atom is 0.337 e. The van der Waals surface area contributed by atoms with Crippen LogP contribution in [0.4, 0.5) is 11.4 Å². The van der Waals surface area contributed by atoms with Crippen LogP contribution in [0.15, 0.2) is 29.1 Å². The molecule has 0 aliphatic rings. The summed E-state index contributed by atoms with van der Waals surface area (Å²) in [7, 11) is 0. The fourth-order valence-corrected chi connectivity index (χ4v) is 1.50. The highest BCUT2D eigenvalue weighted by Gasteiger charge is 2.10. The van der Waals surface area contributed by atoms with E-state index in [-0.39, 0.29) is 5.56 Å². The molecule has 0 unspecified atom stereocenters. The van der Waals surface area contributed by atoms with Crippen LogP contribution in [0.25, 0.3) is 0 Å². The van der Waals surface area contributed by atoms with E-state index in [4.69, 9.17) is 10.8 Å². The van der Waals surface area contributed by atoms with E-state index in [1.807, 2.05) is 0 Å². The lowest BCUT2D eigenvalue weighted by molar-refractivity contribution is 0.0698. The first-order valence-electron chi connectivity index (χ1n) is 5.29. The molecule has 0 spiro atoms. The molecule has 18 heavy (non-hydrogen) atoms. The first-order chi connectivity index (χ1) is 8.66. The number of anilines is 2. The largest absolute Gasteiger partial charge is 0.478 e. The number of hydrogen-bond acceptors (Lipinski definition) is 6. The van der Waals surface area contributed by atoms with Gasteiger partial charge in [0.25, 0.3) is 0 Å². The molecule has 0 radical (unpaired) electrons. The molecule has 1 aromatic heterocycles. The molecule has 1 heterocycles. The zero-order valence-electron chi connectivity index (χ0n) is 9.46. The molecular weight excluding hydrogens is 236 g/mol. The number of benzene rings is 1. The highest BCUT2D eigenvalue weighted by molar-refractivity contribution is 5.95. The summed E-state index contributed by atoms with van der Waals surface area (Å²) in [4.78, 5) is 14.9. The number of nitrogen functional groups attached to an aromatic ring is 1. The molecule has 7 heteroatoms. The number of nitrogens with zero attached hydrogens (tertiary/aromatic N) is 2. The second-order valence-corrected chi connectivity index (χ2v) is 3.63. The standard InChI is InChI=1S/C11H12N4O3/c12-7-1-2-9(8(5-7)11(16)17)13-4-3-10-14-6-18-15-10/h1-2,5-6,13H,3-4,12H2,(H,16,17). The third-order valence-electron chi connectivity index (χ3n) is 2.35. The zero-order valence-corrected chi connectivity index (χ0v) is 9.46. The minimum absolute atomic E-state index is 0.142. The number of carboxylic acids is 1. The molecule has 1 aromatic carbocycles. The summed E-state index contributed by atoms with van der Waals surface area (Å²) in [5.41, 5.74) is 6.62. The summed E-state index contributed by atoms with van der Waals surface area (Å²) in [5.74, 6) is -0.459. The van der Waals surface area contributed by atoms with Crippen LogP contribution in [0.2, 0.25) is 0 Å². The third kappa shape index (κ3) is 2.76. The number of carboxylic acid groups (broad SMARTS) is 1. The van der Waals surface area contributed by atoms with Gasteiger partial charge in [-0.2, -0.15) is 4.98 Å². The Bertz CT molecular complexity index is 539. The molecule has 4 N–H and O–H groups in total. The summed E-state index contributed by atoms with van der Waals surface area (Å²) < 4.78 is 4.60. The van der Waals surface area contributed by atoms with Gasteiger partial charge in [-0.1, -0.05) is 5.16 Å². The van der Waals surface area contributed by atoms with Crippen molar-refractivity contribution in [3.63, 3.8) is 0 Å². The van der Waals surface area contributed by atoms with Crippen molar-refractivity contribution in [1.82, 2.24) is 10.1 Å². The number of hydrogen-bond donors (Lipinski definition) is 3. The Morgan fingerprint density at radius 3 is 3.00 bits per heavy atom. The summed E-state index contributed by atoms with van der Waals surface area (Å²) in [6, 6.07) is 4.69. The van der Waals surface area contributed by atoms with Gasteiger partial charge >= 0.3 is 5.97 Å². The summed E-state index contributed by atoms with van der Waals surface area (Å²) in [6.45, 7) is 0.504. The minimum Gasteiger partial charge on any atom is -0.478 e. The van der Waals surface area contributed by atoms with E-state index < -0.39 is 5.97 Å². The molecule has 2 rings (SSSR count). The predicted octanol–water partition coefficient (Wildman–Crippen LogP) is 1.00. The van der Waals surface area contributed by atoms with Crippen molar-refractivity contribution in [1.29, 1.82) is 0 Å². The van der Waals surface area contributed by atoms with Crippen molar-refractivity contribution in [2.24, 2.45) is 0 Å². The van der Waals surface area contributed by atoms with Crippen LogP contribution in [-0.2, 0) is 6.42 Å². The molecule has 0 bridgehead atoms. The fraction of sp³-hybridized carbons (Fsp3) is 0.182. The molecule has 0 aliphatic heterocycles. The quantitative estimate of drug-likeness (QED) is 0.676. The molecule has 2 aromatic rings. The Balaban J connectivity index is 2.02. The molecule has 0 saturated heterocycles. The number of nitrogens with one attached hydrogen (secondary N) is 1. The van der Waals surface area contributed by atoms with Gasteiger partial charge < -0.3 is 20.7 Å². The smallest absolute Gasteiger partial charge is 0.337 e. The van der Waals surface area contributed by atoms with Crippen molar-refractivity contribution in [3.8, 4) is 0 Å². The van der Waals surface area contributed by atoms with E-state index in [0.717, 1.165) is 0 Å². The van der Waals surface area contributed by atoms with Crippen LogP contribution in [0.1, 0.15) is 16.2 Å². The van der Waals surface area contributed by atoms with Gasteiger partial charge in [0.1, 0.15) is 0 Å². The Hall–Kier alpha value is -2.57. The summed E-state index contributed by atoms with van der Waals surface area (Å²) in [5, 5.41) is 15.7. The normalized spacial score (nSPS) is 10.2. The number of aromatic nitrogens is 2. The van der Waals surface area contributed by atoms with E-state index in [1.165, 1.54) is 12.5 Å². The second-order valence-electron chi connectivity index (χ2n) is 3.63. The summed E-state index contributed by atoms with van der Waals surface area (Å²) >= 11 is 0. The van der Waals surface area contributed by atoms with Crippen LogP contribution in [0, 0.1) is 0 Å². The number of nitrogens with two attached hydrogens (primary N) is 1. The van der Waals surface area contributed by atoms with Crippen LogP contribution in [0.3, 0.4) is 0 Å². The number of carbonyl (C=O) groups is 1. The monoisotopic (exact) mass is 248 g/mol. The van der Waals surface area contributed by atoms with Crippen molar-refractivity contribution >= 4 is 17.3 Å². The highest BCUT2D eigenvalue weighted by atomic mass is 16.5. The minimum atomic E-state index is -1.02. The van der Waals surface area contributed by atoms with Crippen LogP contribution < -0.4 is 11.1 Å². The molecule has 7 nitrogen and oxygen atoms in total. The number of rotatable bonds is 5. The van der Waals surface area contributed by atoms with Gasteiger partial charge in [0.05, 0.1) is 5.56 Å². The maximum absolute atomic E-state index is 11.0. The van der Waals surface area contributed by atoms with Crippen molar-refractivity contribution in [2.75, 3.05) is 17.6 Å². The lowest BCUT2D eigenvalue weighted by Crippen LogP contribution is -2.10. The molecule has 0 amide bonds. The van der Waals surface area contributed by atoms with Crippen molar-refractivity contribution < 1.29 is 14.4 Å². The van der Waals surface area contributed by atoms with Gasteiger partial charge in [0.15, 0.2) is 5.82 Å². The van der Waals surface area contributed by atoms with Gasteiger partial charge in [-0.3, -0.25) is 0 Å². The Morgan fingerprint density at radius 2 is 2.33 bits per heavy atom. The van der Waals surface area contributed by atoms with E-state index in [2.05, 4.69) is 20.0 Å². The number of aromatic carboxylic acids is 1. The van der Waals surface area contributed by atoms with Crippen molar-refractivity contribution in [2.45, 2.75) is 6.42 Å². The zero-order chi connectivity index (χ0) is 13.0. The molecule has 0 atom stereocenters. The van der Waals surface area contributed by atoms with Gasteiger partial charge in [0.2, 0.25) is 6.39 Å². The predicted molar refractivity (Wildman–Crippen MR) is 64.3 cm³/mol. The lowest BCUT2D eigenvalue weighted by Gasteiger charge is -2.09. The van der Waals surface area contributed by atoms with Crippen molar-refractivity contribution in [3.05, 3.63) is 36.0 Å². The first-order valence-corrected chi connectivity index (χ1v) is 5.29. The van der Waals surface area contributed by atoms with Crippen LogP contribution in [-0.4, -0.2) is 27.8 Å². The maximum atomic E-state index is 11.0. The molecule has 0 aliphatic carbocycles. The molecule has 0 fully saturated rings. The Labute approximate surface area is 103 Å². The third-order valence-corrected chi connectivity index (χ3v) is 2.35. The van der Waals surface area contributed by atoms with Gasteiger partial charge in [-0.25, -0.2) is 4.79 Å².